The number of rotatable bonds is 2. The molecule has 16 heavy (non-hydrogen) atoms. The van der Waals surface area contributed by atoms with E-state index in [0.717, 1.165) is 19.1 Å². The number of ether oxygens (including phenoxy) is 1. The summed E-state index contributed by atoms with van der Waals surface area (Å²) in [5.41, 5.74) is -1.61. The van der Waals surface area contributed by atoms with Gasteiger partial charge in [-0.15, -0.1) is 0 Å². The largest absolute Gasteiger partial charge is 0.495 e. The molecule has 1 rings (SSSR count). The molecular weight excluding hydrogens is 245 g/mol. The number of carbonyl (C=O) groups excluding carboxylic acids is 1. The van der Waals surface area contributed by atoms with Crippen LogP contribution >= 0.6 is 11.6 Å². The molecule has 0 fully saturated rings. The lowest BCUT2D eigenvalue weighted by atomic mass is 10.0. The van der Waals surface area contributed by atoms with Crippen LogP contribution in [0.25, 0.3) is 0 Å². The normalized spacial score (nSPS) is 11.4. The molecule has 0 atom stereocenters. The first-order chi connectivity index (χ1) is 7.29. The molecule has 1 aromatic carbocycles. The Labute approximate surface area is 95.0 Å². The van der Waals surface area contributed by atoms with Crippen LogP contribution in [0, 0.1) is 0 Å². The van der Waals surface area contributed by atoms with Gasteiger partial charge in [-0.1, -0.05) is 11.6 Å². The second-order valence-electron chi connectivity index (χ2n) is 3.06. The fraction of sp³-hybridized carbons (Fsp3) is 0.300. The number of hydrogen-bond donors (Lipinski definition) is 0. The van der Waals surface area contributed by atoms with E-state index in [4.69, 9.17) is 16.3 Å². The molecule has 0 aromatic heterocycles. The molecule has 0 heterocycles. The highest BCUT2D eigenvalue weighted by molar-refractivity contribution is 6.35. The predicted molar refractivity (Wildman–Crippen MR) is 53.0 cm³/mol. The minimum atomic E-state index is -4.61. The van der Waals surface area contributed by atoms with Gasteiger partial charge in [0.1, 0.15) is 5.75 Å². The Morgan fingerprint density at radius 2 is 1.94 bits per heavy atom. The molecule has 0 unspecified atom stereocenters. The highest BCUT2D eigenvalue weighted by Gasteiger charge is 2.36. The molecule has 1 aromatic rings. The summed E-state index contributed by atoms with van der Waals surface area (Å²) in [5, 5.41) is -0.315. The molecule has 6 heteroatoms. The molecule has 0 aliphatic rings. The van der Waals surface area contributed by atoms with Gasteiger partial charge < -0.3 is 4.74 Å². The summed E-state index contributed by atoms with van der Waals surface area (Å²) in [6, 6.07) is 1.86. The predicted octanol–water partition coefficient (Wildman–Crippen LogP) is 3.57. The number of ketones is 1. The van der Waals surface area contributed by atoms with Crippen LogP contribution in [0.15, 0.2) is 12.1 Å². The van der Waals surface area contributed by atoms with Crippen molar-refractivity contribution in [2.24, 2.45) is 0 Å². The maximum absolute atomic E-state index is 12.6. The summed E-state index contributed by atoms with van der Waals surface area (Å²) in [6.07, 6.45) is -4.61. The van der Waals surface area contributed by atoms with Crippen LogP contribution in [0.5, 0.6) is 5.75 Å². The average Bonchev–Trinajstić information content (AvgIpc) is 2.15. The van der Waals surface area contributed by atoms with Crippen LogP contribution in [-0.2, 0) is 6.18 Å². The topological polar surface area (TPSA) is 26.3 Å². The molecule has 88 valence electrons. The number of methoxy groups -OCH3 is 1. The minimum Gasteiger partial charge on any atom is -0.495 e. The molecule has 2 nitrogen and oxygen atoms in total. The van der Waals surface area contributed by atoms with Gasteiger partial charge in [-0.2, -0.15) is 13.2 Å². The Hall–Kier alpha value is -1.23. The summed E-state index contributed by atoms with van der Waals surface area (Å²) >= 11 is 5.67. The van der Waals surface area contributed by atoms with Gasteiger partial charge in [-0.25, -0.2) is 0 Å². The molecule has 0 bridgehead atoms. The first kappa shape index (κ1) is 12.8. The molecule has 0 radical (unpaired) electrons. The summed E-state index contributed by atoms with van der Waals surface area (Å²) in [7, 11) is 1.26. The van der Waals surface area contributed by atoms with E-state index in [-0.39, 0.29) is 10.8 Å². The van der Waals surface area contributed by atoms with Crippen molar-refractivity contribution in [3.63, 3.8) is 0 Å². The second kappa shape index (κ2) is 4.33. The molecule has 0 N–H and O–H groups in total. The van der Waals surface area contributed by atoms with Crippen molar-refractivity contribution in [1.82, 2.24) is 0 Å². The lowest BCUT2D eigenvalue weighted by molar-refractivity contribution is -0.137. The van der Waals surface area contributed by atoms with Crippen molar-refractivity contribution >= 4 is 17.4 Å². The summed E-state index contributed by atoms with van der Waals surface area (Å²) in [4.78, 5) is 11.2. The highest BCUT2D eigenvalue weighted by atomic mass is 35.5. The number of halogens is 4. The van der Waals surface area contributed by atoms with Gasteiger partial charge in [0.2, 0.25) is 0 Å². The minimum absolute atomic E-state index is 0.0415. The Bertz CT molecular complexity index is 427. The van der Waals surface area contributed by atoms with E-state index in [0.29, 0.717) is 0 Å². The Balaban J connectivity index is 3.53. The van der Waals surface area contributed by atoms with Crippen molar-refractivity contribution in [2.75, 3.05) is 7.11 Å². The van der Waals surface area contributed by atoms with Gasteiger partial charge in [0.15, 0.2) is 5.78 Å². The number of alkyl halides is 3. The van der Waals surface area contributed by atoms with E-state index in [1.54, 1.807) is 0 Å². The van der Waals surface area contributed by atoms with Gasteiger partial charge in [0.25, 0.3) is 0 Å². The number of hydrogen-bond acceptors (Lipinski definition) is 2. The van der Waals surface area contributed by atoms with Gasteiger partial charge in [-0.3, -0.25) is 4.79 Å². The van der Waals surface area contributed by atoms with E-state index in [2.05, 4.69) is 0 Å². The number of Topliss-reactive ketones (excluding diaryl/α,β-unsaturated/α-hetero) is 1. The SMILES string of the molecule is COc1ccc(C(F)(F)F)c(C(C)=O)c1Cl. The maximum atomic E-state index is 12.6. The number of benzene rings is 1. The summed E-state index contributed by atoms with van der Waals surface area (Å²) < 4.78 is 42.5. The molecule has 0 aliphatic heterocycles. The van der Waals surface area contributed by atoms with Crippen LogP contribution in [0.3, 0.4) is 0 Å². The third-order valence-electron chi connectivity index (χ3n) is 1.98. The van der Waals surface area contributed by atoms with Crippen molar-refractivity contribution in [3.8, 4) is 5.75 Å². The standard InChI is InChI=1S/C10H8ClF3O2/c1-5(15)8-6(10(12,13)14)3-4-7(16-2)9(8)11/h3-4H,1-2H3. The zero-order chi connectivity index (χ0) is 12.5. The highest BCUT2D eigenvalue weighted by Crippen LogP contribution is 2.39. The van der Waals surface area contributed by atoms with Gasteiger partial charge in [-0.05, 0) is 19.1 Å². The summed E-state index contributed by atoms with van der Waals surface area (Å²) in [6.45, 7) is 1.02. The lowest BCUT2D eigenvalue weighted by Gasteiger charge is -2.14. The van der Waals surface area contributed by atoms with Crippen LogP contribution in [0.4, 0.5) is 13.2 Å². The molecule has 0 aliphatic carbocycles. The Morgan fingerprint density at radius 3 is 2.31 bits per heavy atom. The van der Waals surface area contributed by atoms with E-state index in [9.17, 15) is 18.0 Å². The first-order valence-electron chi connectivity index (χ1n) is 4.23. The average molecular weight is 253 g/mol. The monoisotopic (exact) mass is 252 g/mol. The van der Waals surface area contributed by atoms with Crippen molar-refractivity contribution < 1.29 is 22.7 Å². The Morgan fingerprint density at radius 1 is 1.38 bits per heavy atom. The maximum Gasteiger partial charge on any atom is 0.417 e. The zero-order valence-corrected chi connectivity index (χ0v) is 9.24. The van der Waals surface area contributed by atoms with Gasteiger partial charge >= 0.3 is 6.18 Å². The second-order valence-corrected chi connectivity index (χ2v) is 3.44. The zero-order valence-electron chi connectivity index (χ0n) is 8.48. The molecule has 0 spiro atoms. The summed E-state index contributed by atoms with van der Waals surface area (Å²) in [5.74, 6) is -0.712. The van der Waals surface area contributed by atoms with E-state index >= 15 is 0 Å². The number of carbonyl (C=O) groups is 1. The van der Waals surface area contributed by atoms with E-state index in [1.807, 2.05) is 0 Å². The van der Waals surface area contributed by atoms with Gasteiger partial charge in [0, 0.05) is 0 Å². The fourth-order valence-corrected chi connectivity index (χ4v) is 1.67. The van der Waals surface area contributed by atoms with Crippen molar-refractivity contribution in [1.29, 1.82) is 0 Å². The fourth-order valence-electron chi connectivity index (χ4n) is 1.30. The van der Waals surface area contributed by atoms with Crippen molar-refractivity contribution in [3.05, 3.63) is 28.3 Å². The van der Waals surface area contributed by atoms with Crippen LogP contribution in [0.1, 0.15) is 22.8 Å². The third kappa shape index (κ3) is 2.29. The van der Waals surface area contributed by atoms with E-state index < -0.39 is 23.1 Å². The quantitative estimate of drug-likeness (QED) is 0.752. The van der Waals surface area contributed by atoms with Crippen molar-refractivity contribution in [2.45, 2.75) is 13.1 Å². The molecule has 0 saturated carbocycles. The van der Waals surface area contributed by atoms with Gasteiger partial charge in [0.05, 0.1) is 23.3 Å². The molecule has 0 amide bonds. The smallest absolute Gasteiger partial charge is 0.417 e. The third-order valence-corrected chi connectivity index (χ3v) is 2.36. The Kier molecular flexibility index (Phi) is 3.48. The van der Waals surface area contributed by atoms with Crippen LogP contribution in [-0.4, -0.2) is 12.9 Å². The molecule has 0 saturated heterocycles. The molecular formula is C10H8ClF3O2. The van der Waals surface area contributed by atoms with Crippen LogP contribution in [0.2, 0.25) is 5.02 Å². The first-order valence-corrected chi connectivity index (χ1v) is 4.61. The lowest BCUT2D eigenvalue weighted by Crippen LogP contribution is -2.12. The van der Waals surface area contributed by atoms with Crippen LogP contribution < -0.4 is 4.74 Å². The van der Waals surface area contributed by atoms with E-state index in [1.165, 1.54) is 7.11 Å².